The number of piperazine rings is 1. The number of anilines is 1. The minimum atomic E-state index is -0.0126. The molecule has 1 aromatic carbocycles. The highest BCUT2D eigenvalue weighted by atomic mass is 16.5. The van der Waals surface area contributed by atoms with E-state index in [0.29, 0.717) is 25.7 Å². The van der Waals surface area contributed by atoms with Crippen LogP contribution in [0.1, 0.15) is 26.2 Å². The van der Waals surface area contributed by atoms with Crippen LogP contribution in [0.3, 0.4) is 0 Å². The molecule has 0 atom stereocenters. The second-order valence-electron chi connectivity index (χ2n) is 8.50. The molecule has 0 unspecified atom stereocenters. The first-order chi connectivity index (χ1) is 15.6. The second kappa shape index (κ2) is 10.7. The predicted octanol–water partition coefficient (Wildman–Crippen LogP) is 0.664. The Hall–Kier alpha value is -2.81. The van der Waals surface area contributed by atoms with Gasteiger partial charge in [0.25, 0.3) is 5.91 Å². The first-order valence-electron chi connectivity index (χ1n) is 11.7. The molecular weight excluding hydrogens is 408 g/mol. The Morgan fingerprint density at radius 3 is 2.72 bits per heavy atom. The summed E-state index contributed by atoms with van der Waals surface area (Å²) in [5, 5.41) is 6.44. The molecular formula is C23H34N6O3. The van der Waals surface area contributed by atoms with Gasteiger partial charge in [0.1, 0.15) is 5.75 Å². The van der Waals surface area contributed by atoms with Crippen LogP contribution >= 0.6 is 0 Å². The third-order valence-corrected chi connectivity index (χ3v) is 5.93. The molecule has 0 aromatic heterocycles. The van der Waals surface area contributed by atoms with E-state index in [9.17, 15) is 9.59 Å². The predicted molar refractivity (Wildman–Crippen MR) is 124 cm³/mol. The Balaban J connectivity index is 1.25. The fraction of sp³-hybridized carbons (Fsp3) is 0.609. The van der Waals surface area contributed by atoms with E-state index >= 15 is 0 Å². The van der Waals surface area contributed by atoms with Crippen LogP contribution in [-0.2, 0) is 9.59 Å². The van der Waals surface area contributed by atoms with Crippen molar-refractivity contribution >= 4 is 23.5 Å². The van der Waals surface area contributed by atoms with Gasteiger partial charge in [-0.15, -0.1) is 0 Å². The number of nitrogens with zero attached hydrogens (tertiary/aromatic N) is 4. The number of ether oxygens (including phenoxy) is 1. The van der Waals surface area contributed by atoms with Crippen molar-refractivity contribution in [3.8, 4) is 5.75 Å². The zero-order valence-corrected chi connectivity index (χ0v) is 18.9. The van der Waals surface area contributed by atoms with E-state index in [1.807, 2.05) is 24.3 Å². The second-order valence-corrected chi connectivity index (χ2v) is 8.50. The Morgan fingerprint density at radius 1 is 1.19 bits per heavy atom. The van der Waals surface area contributed by atoms with Crippen LogP contribution in [0.2, 0.25) is 0 Å². The lowest BCUT2D eigenvalue weighted by molar-refractivity contribution is -0.123. The summed E-state index contributed by atoms with van der Waals surface area (Å²) in [6.07, 6.45) is 3.01. The van der Waals surface area contributed by atoms with Crippen molar-refractivity contribution in [2.75, 3.05) is 63.9 Å². The summed E-state index contributed by atoms with van der Waals surface area (Å²) >= 11 is 0. The summed E-state index contributed by atoms with van der Waals surface area (Å²) in [4.78, 5) is 35.4. The molecule has 2 heterocycles. The maximum Gasteiger partial charge on any atom is 0.265 e. The van der Waals surface area contributed by atoms with Gasteiger partial charge in [0, 0.05) is 51.9 Å². The number of fused-ring (bicyclic) bond motifs is 1. The lowest BCUT2D eigenvalue weighted by atomic mass is 10.2. The highest BCUT2D eigenvalue weighted by molar-refractivity contribution is 5.97. The summed E-state index contributed by atoms with van der Waals surface area (Å²) in [5.41, 5.74) is 0.835. The van der Waals surface area contributed by atoms with Gasteiger partial charge in [-0.3, -0.25) is 19.5 Å². The van der Waals surface area contributed by atoms with Crippen LogP contribution in [0, 0.1) is 0 Å². The maximum absolute atomic E-state index is 12.3. The van der Waals surface area contributed by atoms with Gasteiger partial charge in [0.2, 0.25) is 5.91 Å². The van der Waals surface area contributed by atoms with Crippen molar-refractivity contribution in [1.29, 1.82) is 0 Å². The number of carbonyl (C=O) groups is 2. The number of carbonyl (C=O) groups excluding carboxylic acids is 2. The maximum atomic E-state index is 12.3. The quantitative estimate of drug-likeness (QED) is 0.349. The third kappa shape index (κ3) is 5.91. The van der Waals surface area contributed by atoms with Crippen molar-refractivity contribution in [3.05, 3.63) is 24.3 Å². The van der Waals surface area contributed by atoms with Gasteiger partial charge >= 0.3 is 0 Å². The molecule has 9 heteroatoms. The summed E-state index contributed by atoms with van der Waals surface area (Å²) in [5.74, 6) is 1.79. The Bertz CT molecular complexity index is 833. The van der Waals surface area contributed by atoms with E-state index < -0.39 is 0 Å². The minimum Gasteiger partial charge on any atom is -0.482 e. The molecule has 2 N–H and O–H groups in total. The molecule has 1 aliphatic carbocycles. The molecule has 0 spiro atoms. The van der Waals surface area contributed by atoms with Crippen molar-refractivity contribution in [1.82, 2.24) is 20.4 Å². The Morgan fingerprint density at radius 2 is 1.97 bits per heavy atom. The van der Waals surface area contributed by atoms with Crippen molar-refractivity contribution in [2.24, 2.45) is 4.99 Å². The highest BCUT2D eigenvalue weighted by Crippen LogP contribution is 2.31. The van der Waals surface area contributed by atoms with E-state index in [1.165, 1.54) is 0 Å². The first-order valence-corrected chi connectivity index (χ1v) is 11.7. The van der Waals surface area contributed by atoms with Crippen molar-refractivity contribution in [2.45, 2.75) is 32.2 Å². The molecule has 32 heavy (non-hydrogen) atoms. The Kier molecular flexibility index (Phi) is 7.47. The lowest BCUT2D eigenvalue weighted by Gasteiger charge is -2.36. The molecule has 174 valence electrons. The summed E-state index contributed by atoms with van der Waals surface area (Å²) in [6, 6.07) is 8.07. The number of nitrogens with one attached hydrogen (secondary N) is 2. The molecule has 0 bridgehead atoms. The molecule has 0 radical (unpaired) electrons. The molecule has 2 aliphatic heterocycles. The summed E-state index contributed by atoms with van der Waals surface area (Å²) in [7, 11) is 0. The number of para-hydroxylation sites is 2. The van der Waals surface area contributed by atoms with Crippen molar-refractivity contribution < 1.29 is 14.3 Å². The lowest BCUT2D eigenvalue weighted by Crippen LogP contribution is -2.54. The van der Waals surface area contributed by atoms with Gasteiger partial charge in [-0.1, -0.05) is 12.1 Å². The Labute approximate surface area is 189 Å². The minimum absolute atomic E-state index is 0.0126. The van der Waals surface area contributed by atoms with E-state index in [1.54, 1.807) is 4.90 Å². The number of hydrogen-bond donors (Lipinski definition) is 2. The number of aliphatic imine (C=N–C) groups is 1. The van der Waals surface area contributed by atoms with E-state index in [-0.39, 0.29) is 18.4 Å². The van der Waals surface area contributed by atoms with Gasteiger partial charge in [-0.2, -0.15) is 0 Å². The molecule has 2 amide bonds. The van der Waals surface area contributed by atoms with Gasteiger partial charge in [-0.25, -0.2) is 0 Å². The van der Waals surface area contributed by atoms with Gasteiger partial charge in [0.05, 0.1) is 12.2 Å². The molecule has 1 saturated heterocycles. The number of amides is 2. The SMILES string of the molecule is CCNC(=NCCCN1C(=O)COc2ccccc21)N1CCN(CC(=O)NC2CC2)CC1. The topological polar surface area (TPSA) is 89.5 Å². The largest absolute Gasteiger partial charge is 0.482 e. The molecule has 9 nitrogen and oxygen atoms in total. The standard InChI is InChI=1S/C23H34N6O3/c1-2-24-23(28-14-12-27(13-15-28)16-21(30)26-18-8-9-18)25-10-5-11-29-19-6-3-4-7-20(19)32-17-22(29)31/h3-4,6-7,18H,2,5,8-17H2,1H3,(H,24,25)(H,26,30). The molecule has 1 aromatic rings. The van der Waals surface area contributed by atoms with Crippen LogP contribution in [-0.4, -0.2) is 92.6 Å². The zero-order chi connectivity index (χ0) is 22.3. The van der Waals surface area contributed by atoms with Crippen LogP contribution in [0.15, 0.2) is 29.3 Å². The summed E-state index contributed by atoms with van der Waals surface area (Å²) < 4.78 is 5.51. The van der Waals surface area contributed by atoms with E-state index in [0.717, 1.165) is 69.4 Å². The van der Waals surface area contributed by atoms with Gasteiger partial charge < -0.3 is 25.2 Å². The molecule has 3 aliphatic rings. The van der Waals surface area contributed by atoms with Crippen LogP contribution in [0.25, 0.3) is 0 Å². The zero-order valence-electron chi connectivity index (χ0n) is 18.9. The fourth-order valence-electron chi connectivity index (χ4n) is 4.06. The normalized spacial score (nSPS) is 19.4. The van der Waals surface area contributed by atoms with Crippen LogP contribution in [0.5, 0.6) is 5.75 Å². The van der Waals surface area contributed by atoms with Crippen molar-refractivity contribution in [3.63, 3.8) is 0 Å². The number of guanidine groups is 1. The average molecular weight is 443 g/mol. The van der Waals surface area contributed by atoms with Gasteiger partial charge in [-0.05, 0) is 38.3 Å². The number of benzene rings is 1. The van der Waals surface area contributed by atoms with E-state index in [2.05, 4.69) is 27.4 Å². The molecule has 1 saturated carbocycles. The average Bonchev–Trinajstić information content (AvgIpc) is 3.61. The fourth-order valence-corrected chi connectivity index (χ4v) is 4.06. The van der Waals surface area contributed by atoms with Crippen LogP contribution < -0.4 is 20.3 Å². The highest BCUT2D eigenvalue weighted by Gasteiger charge is 2.26. The third-order valence-electron chi connectivity index (χ3n) is 5.93. The molecule has 4 rings (SSSR count). The van der Waals surface area contributed by atoms with Gasteiger partial charge in [0.15, 0.2) is 12.6 Å². The first kappa shape index (κ1) is 22.4. The van der Waals surface area contributed by atoms with E-state index in [4.69, 9.17) is 9.73 Å². The smallest absolute Gasteiger partial charge is 0.265 e. The molecule has 2 fully saturated rings. The summed E-state index contributed by atoms with van der Waals surface area (Å²) in [6.45, 7) is 8.08. The number of rotatable bonds is 8. The monoisotopic (exact) mass is 442 g/mol. The number of hydrogen-bond acceptors (Lipinski definition) is 5. The van der Waals surface area contributed by atoms with Crippen LogP contribution in [0.4, 0.5) is 5.69 Å².